The second-order valence-electron chi connectivity index (χ2n) is 5.46. The molecule has 0 radical (unpaired) electrons. The Balaban J connectivity index is 1.97. The quantitative estimate of drug-likeness (QED) is 0.474. The maximum atomic E-state index is 12.3. The molecule has 1 fully saturated rings. The Morgan fingerprint density at radius 2 is 2.12 bits per heavy atom. The Bertz CT molecular complexity index is 733. The zero-order valence-corrected chi connectivity index (χ0v) is 15.0. The van der Waals surface area contributed by atoms with E-state index in [0.717, 1.165) is 6.26 Å². The minimum Gasteiger partial charge on any atom is -0.480 e. The Labute approximate surface area is 148 Å². The van der Waals surface area contributed by atoms with Crippen LogP contribution in [-0.4, -0.2) is 71.6 Å². The standard InChI is InChI=1S/C13H18N4O6S2/c1-25(22,23)15-14-12(19)9-3-2-4-16(5-9)6-11(18)17-8-24-7-10(17)13(20)21/h2,4-5,10,15H,3,6-8H2,1H3,(H,14,19)(H,20,21). The lowest BCUT2D eigenvalue weighted by atomic mass is 10.1. The number of carbonyl (C=O) groups excluding carboxylic acids is 2. The van der Waals surface area contributed by atoms with Crippen LogP contribution in [0, 0.1) is 0 Å². The summed E-state index contributed by atoms with van der Waals surface area (Å²) in [5.41, 5.74) is 2.32. The molecule has 3 N–H and O–H groups in total. The molecule has 2 aliphatic rings. The molecule has 10 nitrogen and oxygen atoms in total. The van der Waals surface area contributed by atoms with Crippen LogP contribution in [-0.2, 0) is 24.4 Å². The molecule has 0 aromatic carbocycles. The minimum atomic E-state index is -3.58. The smallest absolute Gasteiger partial charge is 0.327 e. The van der Waals surface area contributed by atoms with E-state index < -0.39 is 27.9 Å². The van der Waals surface area contributed by atoms with Gasteiger partial charge in [-0.2, -0.15) is 0 Å². The molecule has 0 aliphatic carbocycles. The van der Waals surface area contributed by atoms with Crippen molar-refractivity contribution in [2.75, 3.05) is 24.4 Å². The van der Waals surface area contributed by atoms with E-state index >= 15 is 0 Å². The van der Waals surface area contributed by atoms with Crippen LogP contribution in [0.1, 0.15) is 6.42 Å². The van der Waals surface area contributed by atoms with Crippen LogP contribution in [0.25, 0.3) is 0 Å². The fraction of sp³-hybridized carbons (Fsp3) is 0.462. The van der Waals surface area contributed by atoms with Gasteiger partial charge in [-0.3, -0.25) is 15.0 Å². The van der Waals surface area contributed by atoms with Gasteiger partial charge >= 0.3 is 5.97 Å². The molecule has 1 saturated heterocycles. The third-order valence-corrected chi connectivity index (χ3v) is 4.89. The number of rotatable bonds is 6. The zero-order valence-electron chi connectivity index (χ0n) is 13.3. The summed E-state index contributed by atoms with van der Waals surface area (Å²) in [4.78, 5) is 40.0. The van der Waals surface area contributed by atoms with Crippen molar-refractivity contribution in [1.29, 1.82) is 0 Å². The van der Waals surface area contributed by atoms with Crippen LogP contribution < -0.4 is 10.3 Å². The largest absolute Gasteiger partial charge is 0.480 e. The predicted molar refractivity (Wildman–Crippen MR) is 90.3 cm³/mol. The Hall–Kier alpha value is -2.05. The van der Waals surface area contributed by atoms with Crippen molar-refractivity contribution in [2.24, 2.45) is 0 Å². The molecule has 0 saturated carbocycles. The van der Waals surface area contributed by atoms with E-state index in [9.17, 15) is 22.8 Å². The molecule has 2 amide bonds. The Kier molecular flexibility index (Phi) is 6.08. The van der Waals surface area contributed by atoms with E-state index in [1.807, 2.05) is 4.83 Å². The monoisotopic (exact) mass is 390 g/mol. The van der Waals surface area contributed by atoms with Gasteiger partial charge in [-0.1, -0.05) is 6.08 Å². The highest BCUT2D eigenvalue weighted by molar-refractivity contribution is 7.99. The van der Waals surface area contributed by atoms with Gasteiger partial charge in [0, 0.05) is 23.7 Å². The maximum Gasteiger partial charge on any atom is 0.327 e. The van der Waals surface area contributed by atoms with Crippen molar-refractivity contribution < 1.29 is 27.9 Å². The van der Waals surface area contributed by atoms with E-state index in [0.29, 0.717) is 11.6 Å². The Morgan fingerprint density at radius 3 is 2.76 bits per heavy atom. The summed E-state index contributed by atoms with van der Waals surface area (Å²) in [5.74, 6) is -1.39. The number of carboxylic acids is 1. The number of aliphatic carboxylic acids is 1. The van der Waals surface area contributed by atoms with Gasteiger partial charge in [0.15, 0.2) is 0 Å². The maximum absolute atomic E-state index is 12.3. The molecule has 2 rings (SSSR count). The first-order valence-corrected chi connectivity index (χ1v) is 10.2. The van der Waals surface area contributed by atoms with Crippen molar-refractivity contribution >= 4 is 39.6 Å². The second kappa shape index (κ2) is 7.89. The number of carboxylic acid groups (broad SMARTS) is 1. The highest BCUT2D eigenvalue weighted by atomic mass is 32.2. The van der Waals surface area contributed by atoms with Crippen LogP contribution >= 0.6 is 11.8 Å². The molecular formula is C13H18N4O6S2. The van der Waals surface area contributed by atoms with Crippen LogP contribution in [0.5, 0.6) is 0 Å². The van der Waals surface area contributed by atoms with Crippen molar-refractivity contribution in [2.45, 2.75) is 12.5 Å². The van der Waals surface area contributed by atoms with Crippen molar-refractivity contribution in [3.63, 3.8) is 0 Å². The Morgan fingerprint density at radius 1 is 1.40 bits per heavy atom. The summed E-state index contributed by atoms with van der Waals surface area (Å²) in [6.07, 6.45) is 5.86. The van der Waals surface area contributed by atoms with E-state index in [1.54, 1.807) is 12.3 Å². The number of carbonyl (C=O) groups is 3. The van der Waals surface area contributed by atoms with Crippen LogP contribution in [0.3, 0.4) is 0 Å². The number of hydrogen-bond donors (Lipinski definition) is 3. The molecule has 2 aliphatic heterocycles. The first kappa shape index (κ1) is 19.3. The molecule has 2 heterocycles. The molecule has 0 spiro atoms. The molecule has 0 aromatic rings. The summed E-state index contributed by atoms with van der Waals surface area (Å²) in [6.45, 7) is -0.114. The average Bonchev–Trinajstić information content (AvgIpc) is 3.02. The number of allylic oxidation sites excluding steroid dienone is 1. The van der Waals surface area contributed by atoms with Gasteiger partial charge in [0.25, 0.3) is 5.91 Å². The topological polar surface area (TPSA) is 136 Å². The molecule has 1 unspecified atom stereocenters. The summed E-state index contributed by atoms with van der Waals surface area (Å²) in [7, 11) is -3.58. The lowest BCUT2D eigenvalue weighted by molar-refractivity contribution is -0.147. The average molecular weight is 390 g/mol. The van der Waals surface area contributed by atoms with Gasteiger partial charge in [0.2, 0.25) is 15.9 Å². The second-order valence-corrected chi connectivity index (χ2v) is 8.21. The van der Waals surface area contributed by atoms with E-state index in [4.69, 9.17) is 5.11 Å². The van der Waals surface area contributed by atoms with E-state index in [-0.39, 0.29) is 24.4 Å². The normalized spacial score (nSPS) is 20.4. The predicted octanol–water partition coefficient (Wildman–Crippen LogP) is -1.34. The van der Waals surface area contributed by atoms with Gasteiger partial charge in [0.05, 0.1) is 12.1 Å². The fourth-order valence-electron chi connectivity index (χ4n) is 2.22. The van der Waals surface area contributed by atoms with Gasteiger partial charge in [0.1, 0.15) is 12.6 Å². The SMILES string of the molecule is CS(=O)(=O)NNC(=O)C1=CN(CC(=O)N2CSCC2C(=O)O)C=CC1. The molecule has 12 heteroatoms. The van der Waals surface area contributed by atoms with Crippen molar-refractivity contribution in [3.05, 3.63) is 24.0 Å². The van der Waals surface area contributed by atoms with E-state index in [1.165, 1.54) is 27.8 Å². The van der Waals surface area contributed by atoms with Crippen molar-refractivity contribution in [3.8, 4) is 0 Å². The molecule has 138 valence electrons. The third kappa shape index (κ3) is 5.47. The number of sulfonamides is 1. The summed E-state index contributed by atoms with van der Waals surface area (Å²) in [5, 5.41) is 9.12. The zero-order chi connectivity index (χ0) is 18.6. The highest BCUT2D eigenvalue weighted by Crippen LogP contribution is 2.22. The lowest BCUT2D eigenvalue weighted by Gasteiger charge is -2.25. The molecule has 0 bridgehead atoms. The first-order chi connectivity index (χ1) is 11.7. The molecule has 1 atom stereocenters. The fourth-order valence-corrected chi connectivity index (χ4v) is 3.67. The van der Waals surface area contributed by atoms with Crippen LogP contribution in [0.2, 0.25) is 0 Å². The van der Waals surface area contributed by atoms with Crippen LogP contribution in [0.15, 0.2) is 24.0 Å². The number of nitrogens with zero attached hydrogens (tertiary/aromatic N) is 2. The first-order valence-electron chi connectivity index (χ1n) is 7.17. The van der Waals surface area contributed by atoms with Crippen LogP contribution in [0.4, 0.5) is 0 Å². The lowest BCUT2D eigenvalue weighted by Crippen LogP contribution is -2.45. The summed E-state index contributed by atoms with van der Waals surface area (Å²) < 4.78 is 22.0. The number of hydrazine groups is 1. The summed E-state index contributed by atoms with van der Waals surface area (Å²) in [6, 6.07) is -0.850. The molecule has 25 heavy (non-hydrogen) atoms. The van der Waals surface area contributed by atoms with Gasteiger partial charge in [-0.15, -0.1) is 16.6 Å². The number of amides is 2. The molecular weight excluding hydrogens is 372 g/mol. The van der Waals surface area contributed by atoms with Gasteiger partial charge in [-0.05, 0) is 6.42 Å². The van der Waals surface area contributed by atoms with Gasteiger partial charge in [-0.25, -0.2) is 13.2 Å². The number of thioether (sulfide) groups is 1. The summed E-state index contributed by atoms with van der Waals surface area (Å²) >= 11 is 1.37. The number of hydrogen-bond acceptors (Lipinski definition) is 7. The third-order valence-electron chi connectivity index (χ3n) is 3.40. The van der Waals surface area contributed by atoms with E-state index in [2.05, 4.69) is 5.43 Å². The van der Waals surface area contributed by atoms with Crippen molar-refractivity contribution in [1.82, 2.24) is 20.1 Å². The number of nitrogens with one attached hydrogen (secondary N) is 2. The van der Waals surface area contributed by atoms with Gasteiger partial charge < -0.3 is 14.9 Å². The highest BCUT2D eigenvalue weighted by Gasteiger charge is 2.34. The minimum absolute atomic E-state index is 0.114. The molecule has 0 aromatic heterocycles.